The molecule has 0 aromatic heterocycles. The molecule has 0 bridgehead atoms. The summed E-state index contributed by atoms with van der Waals surface area (Å²) >= 11 is 0. The van der Waals surface area contributed by atoms with E-state index in [1.807, 2.05) is 13.8 Å². The first-order chi connectivity index (χ1) is 7.09. The highest BCUT2D eigenvalue weighted by molar-refractivity contribution is 5.91. The van der Waals surface area contributed by atoms with Crippen molar-refractivity contribution in [2.24, 2.45) is 0 Å². The Morgan fingerprint density at radius 2 is 2.13 bits per heavy atom. The molecule has 0 fully saturated rings. The number of para-hydroxylation sites is 1. The van der Waals surface area contributed by atoms with E-state index in [2.05, 4.69) is 5.32 Å². The Balaban J connectivity index is 2.48. The number of carbonyl (C=O) groups is 1. The summed E-state index contributed by atoms with van der Waals surface area (Å²) in [6.07, 6.45) is -0.0172. The second-order valence-electron chi connectivity index (χ2n) is 3.39. The lowest BCUT2D eigenvalue weighted by atomic mass is 10.3. The third-order valence-corrected chi connectivity index (χ3v) is 1.70. The van der Waals surface area contributed by atoms with E-state index in [1.165, 1.54) is 12.1 Å². The number of ether oxygens (including phenoxy) is 1. The molecule has 1 aromatic carbocycles. The molecule has 1 amide bonds. The fraction of sp³-hybridized carbons (Fsp3) is 0.364. The van der Waals surface area contributed by atoms with E-state index < -0.39 is 5.82 Å². The lowest BCUT2D eigenvalue weighted by molar-refractivity contribution is -0.121. The Morgan fingerprint density at radius 3 is 2.73 bits per heavy atom. The molecule has 1 N–H and O–H groups in total. The van der Waals surface area contributed by atoms with Crippen LogP contribution in [0.1, 0.15) is 13.8 Å². The molecule has 4 heteroatoms. The second-order valence-corrected chi connectivity index (χ2v) is 3.39. The van der Waals surface area contributed by atoms with Gasteiger partial charge in [0.2, 0.25) is 5.91 Å². The lowest BCUT2D eigenvalue weighted by Crippen LogP contribution is -2.21. The van der Waals surface area contributed by atoms with Gasteiger partial charge in [0.25, 0.3) is 0 Å². The molecule has 0 unspecified atom stereocenters. The summed E-state index contributed by atoms with van der Waals surface area (Å²) in [5, 5.41) is 2.43. The van der Waals surface area contributed by atoms with Gasteiger partial charge >= 0.3 is 0 Å². The molecule has 0 aliphatic rings. The van der Waals surface area contributed by atoms with E-state index in [1.54, 1.807) is 12.1 Å². The van der Waals surface area contributed by atoms with Crippen molar-refractivity contribution in [1.82, 2.24) is 0 Å². The van der Waals surface area contributed by atoms with Gasteiger partial charge in [-0.2, -0.15) is 0 Å². The molecule has 0 saturated heterocycles. The topological polar surface area (TPSA) is 38.3 Å². The van der Waals surface area contributed by atoms with Crippen molar-refractivity contribution in [3.8, 4) is 0 Å². The fourth-order valence-corrected chi connectivity index (χ4v) is 0.991. The number of hydrogen-bond donors (Lipinski definition) is 1. The molecular weight excluding hydrogens is 197 g/mol. The Bertz CT molecular complexity index is 339. The standard InChI is InChI=1S/C11H14FNO2/c1-8(2)15-7-11(14)13-10-6-4-3-5-9(10)12/h3-6,8H,7H2,1-2H3,(H,13,14). The van der Waals surface area contributed by atoms with Crippen LogP contribution in [-0.4, -0.2) is 18.6 Å². The average Bonchev–Trinajstić information content (AvgIpc) is 2.18. The summed E-state index contributed by atoms with van der Waals surface area (Å²) < 4.78 is 18.2. The maximum atomic E-state index is 13.1. The third-order valence-electron chi connectivity index (χ3n) is 1.70. The molecule has 3 nitrogen and oxygen atoms in total. The second kappa shape index (κ2) is 5.46. The van der Waals surface area contributed by atoms with Crippen LogP contribution in [0.2, 0.25) is 0 Å². The quantitative estimate of drug-likeness (QED) is 0.829. The minimum atomic E-state index is -0.449. The van der Waals surface area contributed by atoms with E-state index in [9.17, 15) is 9.18 Å². The highest BCUT2D eigenvalue weighted by atomic mass is 19.1. The minimum Gasteiger partial charge on any atom is -0.369 e. The molecule has 15 heavy (non-hydrogen) atoms. The van der Waals surface area contributed by atoms with Gasteiger partial charge in [0.15, 0.2) is 0 Å². The Morgan fingerprint density at radius 1 is 1.47 bits per heavy atom. The van der Waals surface area contributed by atoms with E-state index in [0.717, 1.165) is 0 Å². The predicted octanol–water partition coefficient (Wildman–Crippen LogP) is 2.19. The van der Waals surface area contributed by atoms with Gasteiger partial charge < -0.3 is 10.1 Å². The first kappa shape index (κ1) is 11.7. The van der Waals surface area contributed by atoms with Crippen LogP contribution in [0.3, 0.4) is 0 Å². The Hall–Kier alpha value is -1.42. The van der Waals surface area contributed by atoms with Crippen LogP contribution >= 0.6 is 0 Å². The summed E-state index contributed by atoms with van der Waals surface area (Å²) in [5.41, 5.74) is 0.176. The Kier molecular flexibility index (Phi) is 4.24. The number of hydrogen-bond acceptors (Lipinski definition) is 2. The SMILES string of the molecule is CC(C)OCC(=O)Nc1ccccc1F. The zero-order valence-electron chi connectivity index (χ0n) is 8.79. The van der Waals surface area contributed by atoms with Crippen LogP contribution < -0.4 is 5.32 Å². The normalized spacial score (nSPS) is 10.4. The number of benzene rings is 1. The van der Waals surface area contributed by atoms with Gasteiger partial charge in [0.1, 0.15) is 12.4 Å². The van der Waals surface area contributed by atoms with Gasteiger partial charge in [-0.15, -0.1) is 0 Å². The van der Waals surface area contributed by atoms with Crippen LogP contribution in [0, 0.1) is 5.82 Å². The first-order valence-corrected chi connectivity index (χ1v) is 4.75. The number of nitrogens with one attached hydrogen (secondary N) is 1. The molecule has 0 aliphatic heterocycles. The monoisotopic (exact) mass is 211 g/mol. The van der Waals surface area contributed by atoms with Gasteiger partial charge in [-0.25, -0.2) is 4.39 Å². The van der Waals surface area contributed by atoms with Crippen LogP contribution in [0.15, 0.2) is 24.3 Å². The smallest absolute Gasteiger partial charge is 0.250 e. The molecule has 1 aromatic rings. The van der Waals surface area contributed by atoms with Crippen molar-refractivity contribution in [2.75, 3.05) is 11.9 Å². The van der Waals surface area contributed by atoms with Crippen LogP contribution in [0.4, 0.5) is 10.1 Å². The van der Waals surface area contributed by atoms with Gasteiger partial charge in [0.05, 0.1) is 11.8 Å². The van der Waals surface area contributed by atoms with E-state index in [4.69, 9.17) is 4.74 Å². The molecule has 0 radical (unpaired) electrons. The van der Waals surface area contributed by atoms with Gasteiger partial charge in [-0.3, -0.25) is 4.79 Å². The van der Waals surface area contributed by atoms with Crippen molar-refractivity contribution in [3.63, 3.8) is 0 Å². The van der Waals surface area contributed by atoms with Gasteiger partial charge in [-0.1, -0.05) is 12.1 Å². The van der Waals surface area contributed by atoms with Crippen molar-refractivity contribution in [3.05, 3.63) is 30.1 Å². The number of amides is 1. The molecular formula is C11H14FNO2. The van der Waals surface area contributed by atoms with Crippen molar-refractivity contribution >= 4 is 11.6 Å². The van der Waals surface area contributed by atoms with E-state index in [-0.39, 0.29) is 24.3 Å². The molecule has 0 saturated carbocycles. The van der Waals surface area contributed by atoms with Crippen molar-refractivity contribution < 1.29 is 13.9 Å². The summed E-state index contributed by atoms with van der Waals surface area (Å²) in [5.74, 6) is -0.802. The largest absolute Gasteiger partial charge is 0.369 e. The molecule has 0 heterocycles. The lowest BCUT2D eigenvalue weighted by Gasteiger charge is -2.08. The summed E-state index contributed by atoms with van der Waals surface area (Å²) in [7, 11) is 0. The van der Waals surface area contributed by atoms with Crippen molar-refractivity contribution in [2.45, 2.75) is 20.0 Å². The molecule has 1 rings (SSSR count). The van der Waals surface area contributed by atoms with Gasteiger partial charge in [-0.05, 0) is 26.0 Å². The molecule has 82 valence electrons. The van der Waals surface area contributed by atoms with Crippen LogP contribution in [0.25, 0.3) is 0 Å². The number of anilines is 1. The van der Waals surface area contributed by atoms with Crippen LogP contribution in [0.5, 0.6) is 0 Å². The van der Waals surface area contributed by atoms with Gasteiger partial charge in [0, 0.05) is 0 Å². The minimum absolute atomic E-state index is 0.0172. The van der Waals surface area contributed by atoms with Crippen molar-refractivity contribution in [1.29, 1.82) is 0 Å². The van der Waals surface area contributed by atoms with Crippen LogP contribution in [-0.2, 0) is 9.53 Å². The van der Waals surface area contributed by atoms with E-state index >= 15 is 0 Å². The predicted molar refractivity (Wildman–Crippen MR) is 56.1 cm³/mol. The third kappa shape index (κ3) is 4.08. The Labute approximate surface area is 88.2 Å². The van der Waals surface area contributed by atoms with E-state index in [0.29, 0.717) is 0 Å². The maximum absolute atomic E-state index is 13.1. The number of carbonyl (C=O) groups excluding carboxylic acids is 1. The summed E-state index contributed by atoms with van der Waals surface area (Å²) in [6, 6.07) is 6.01. The fourth-order valence-electron chi connectivity index (χ4n) is 0.991. The maximum Gasteiger partial charge on any atom is 0.250 e. The number of rotatable bonds is 4. The summed E-state index contributed by atoms with van der Waals surface area (Å²) in [4.78, 5) is 11.3. The molecule has 0 aliphatic carbocycles. The molecule has 0 atom stereocenters. The highest BCUT2D eigenvalue weighted by Gasteiger charge is 2.06. The highest BCUT2D eigenvalue weighted by Crippen LogP contribution is 2.11. The summed E-state index contributed by atoms with van der Waals surface area (Å²) in [6.45, 7) is 3.60. The zero-order chi connectivity index (χ0) is 11.3. The first-order valence-electron chi connectivity index (χ1n) is 4.75. The number of halogens is 1. The molecule has 0 spiro atoms. The average molecular weight is 211 g/mol. The zero-order valence-corrected chi connectivity index (χ0v) is 8.79.